The van der Waals surface area contributed by atoms with Crippen molar-refractivity contribution in [1.29, 1.82) is 0 Å². The number of halogens is 1. The lowest BCUT2D eigenvalue weighted by Crippen LogP contribution is -2.29. The van der Waals surface area contributed by atoms with Gasteiger partial charge in [0.25, 0.3) is 0 Å². The number of nitrogens with one attached hydrogen (secondary N) is 1. The molecule has 6 nitrogen and oxygen atoms in total. The molecule has 166 valence electrons. The van der Waals surface area contributed by atoms with Gasteiger partial charge in [-0.2, -0.15) is 0 Å². The summed E-state index contributed by atoms with van der Waals surface area (Å²) in [4.78, 5) is 18.2. The molecule has 0 saturated heterocycles. The summed E-state index contributed by atoms with van der Waals surface area (Å²) in [5.41, 5.74) is 4.63. The minimum absolute atomic E-state index is 0.267. The number of hydrogen-bond acceptors (Lipinski definition) is 5. The number of benzene rings is 3. The van der Waals surface area contributed by atoms with Gasteiger partial charge in [-0.05, 0) is 66.6 Å². The summed E-state index contributed by atoms with van der Waals surface area (Å²) in [7, 11) is 1.62. The predicted octanol–water partition coefficient (Wildman–Crippen LogP) is 5.69. The zero-order chi connectivity index (χ0) is 22.9. The number of aromatic nitrogens is 2. The van der Waals surface area contributed by atoms with Crippen molar-refractivity contribution in [2.24, 2.45) is 0 Å². The van der Waals surface area contributed by atoms with Crippen LogP contribution in [0.4, 0.5) is 5.95 Å². The quantitative estimate of drug-likeness (QED) is 0.388. The molecule has 2 heterocycles. The third kappa shape index (κ3) is 3.72. The number of carbonyl (C=O) groups excluding carboxylic acids is 1. The second kappa shape index (κ2) is 8.64. The molecule has 3 aromatic carbocycles. The van der Waals surface area contributed by atoms with Gasteiger partial charge in [-0.1, -0.05) is 35.9 Å². The Labute approximate surface area is 196 Å². The number of methoxy groups -OCH3 is 1. The summed E-state index contributed by atoms with van der Waals surface area (Å²) in [6.45, 7) is 2.07. The SMILES string of the molecule is CCOC(=O)C1=C(c2ccc(OC)cc2)Nc2nc3ccccc3n2C1c1ccc(Cl)cc1. The first kappa shape index (κ1) is 21.1. The minimum Gasteiger partial charge on any atom is -0.497 e. The van der Waals surface area contributed by atoms with E-state index < -0.39 is 6.04 Å². The minimum atomic E-state index is -0.456. The van der Waals surface area contributed by atoms with Crippen LogP contribution in [0.1, 0.15) is 24.1 Å². The lowest BCUT2D eigenvalue weighted by molar-refractivity contribution is -0.138. The average Bonchev–Trinajstić information content (AvgIpc) is 3.22. The molecule has 33 heavy (non-hydrogen) atoms. The topological polar surface area (TPSA) is 65.4 Å². The Hall–Kier alpha value is -3.77. The van der Waals surface area contributed by atoms with E-state index >= 15 is 0 Å². The van der Waals surface area contributed by atoms with Crippen LogP contribution in [0.3, 0.4) is 0 Å². The van der Waals surface area contributed by atoms with Crippen LogP contribution in [-0.4, -0.2) is 29.2 Å². The molecule has 0 aliphatic carbocycles. The van der Waals surface area contributed by atoms with Crippen molar-refractivity contribution in [1.82, 2.24) is 9.55 Å². The molecule has 1 aromatic heterocycles. The van der Waals surface area contributed by atoms with Crippen molar-refractivity contribution in [2.75, 3.05) is 19.0 Å². The van der Waals surface area contributed by atoms with Gasteiger partial charge in [0.2, 0.25) is 5.95 Å². The van der Waals surface area contributed by atoms with Gasteiger partial charge in [0.1, 0.15) is 5.75 Å². The van der Waals surface area contributed by atoms with E-state index in [1.807, 2.05) is 77.4 Å². The van der Waals surface area contributed by atoms with Gasteiger partial charge in [-0.15, -0.1) is 0 Å². The fourth-order valence-corrected chi connectivity index (χ4v) is 4.33. The highest BCUT2D eigenvalue weighted by molar-refractivity contribution is 6.30. The number of anilines is 1. The van der Waals surface area contributed by atoms with Crippen LogP contribution in [0, 0.1) is 0 Å². The molecule has 1 unspecified atom stereocenters. The summed E-state index contributed by atoms with van der Waals surface area (Å²) in [6.07, 6.45) is 0. The second-order valence-corrected chi connectivity index (χ2v) is 8.05. The normalized spacial score (nSPS) is 15.2. The number of carbonyl (C=O) groups is 1. The van der Waals surface area contributed by atoms with Crippen LogP contribution in [0.25, 0.3) is 16.7 Å². The molecule has 0 spiro atoms. The molecule has 5 rings (SSSR count). The molecule has 0 saturated carbocycles. The van der Waals surface area contributed by atoms with Crippen molar-refractivity contribution < 1.29 is 14.3 Å². The number of esters is 1. The fraction of sp³-hybridized carbons (Fsp3) is 0.154. The lowest BCUT2D eigenvalue weighted by atomic mass is 9.92. The smallest absolute Gasteiger partial charge is 0.338 e. The highest BCUT2D eigenvalue weighted by atomic mass is 35.5. The fourth-order valence-electron chi connectivity index (χ4n) is 4.21. The van der Waals surface area contributed by atoms with Crippen molar-refractivity contribution in [3.8, 4) is 5.75 Å². The predicted molar refractivity (Wildman–Crippen MR) is 129 cm³/mol. The first-order chi connectivity index (χ1) is 16.1. The van der Waals surface area contributed by atoms with Crippen molar-refractivity contribution >= 4 is 40.2 Å². The zero-order valence-electron chi connectivity index (χ0n) is 18.2. The highest BCUT2D eigenvalue weighted by Crippen LogP contribution is 2.42. The summed E-state index contributed by atoms with van der Waals surface area (Å²) in [5, 5.41) is 4.03. The first-order valence-corrected chi connectivity index (χ1v) is 11.0. The van der Waals surface area contributed by atoms with E-state index in [1.54, 1.807) is 14.0 Å². The zero-order valence-corrected chi connectivity index (χ0v) is 19.0. The third-order valence-corrected chi connectivity index (χ3v) is 5.95. The van der Waals surface area contributed by atoms with Gasteiger partial charge in [0.15, 0.2) is 0 Å². The molecular formula is C26H22ClN3O3. The maximum absolute atomic E-state index is 13.4. The van der Waals surface area contributed by atoms with E-state index in [0.29, 0.717) is 22.2 Å². The Morgan fingerprint density at radius 2 is 1.79 bits per heavy atom. The van der Waals surface area contributed by atoms with Crippen LogP contribution in [0.2, 0.25) is 5.02 Å². The molecule has 1 aliphatic rings. The van der Waals surface area contributed by atoms with E-state index in [4.69, 9.17) is 26.1 Å². The molecule has 0 amide bonds. The number of hydrogen-bond donors (Lipinski definition) is 1. The van der Waals surface area contributed by atoms with Crippen molar-refractivity contribution in [2.45, 2.75) is 13.0 Å². The van der Waals surface area contributed by atoms with Crippen molar-refractivity contribution in [3.05, 3.63) is 94.5 Å². The molecule has 1 N–H and O–H groups in total. The largest absolute Gasteiger partial charge is 0.497 e. The Morgan fingerprint density at radius 1 is 1.06 bits per heavy atom. The first-order valence-electron chi connectivity index (χ1n) is 10.7. The number of imidazole rings is 1. The Morgan fingerprint density at radius 3 is 2.48 bits per heavy atom. The highest BCUT2D eigenvalue weighted by Gasteiger charge is 2.36. The van der Waals surface area contributed by atoms with E-state index in [2.05, 4.69) is 5.32 Å². The van der Waals surface area contributed by atoms with Crippen LogP contribution >= 0.6 is 11.6 Å². The van der Waals surface area contributed by atoms with Crippen LogP contribution in [-0.2, 0) is 9.53 Å². The molecule has 1 aliphatic heterocycles. The van der Waals surface area contributed by atoms with Gasteiger partial charge >= 0.3 is 5.97 Å². The summed E-state index contributed by atoms with van der Waals surface area (Å²) >= 11 is 6.18. The van der Waals surface area contributed by atoms with Gasteiger partial charge in [0, 0.05) is 5.02 Å². The number of nitrogens with zero attached hydrogens (tertiary/aromatic N) is 2. The third-order valence-electron chi connectivity index (χ3n) is 5.69. The van der Waals surface area contributed by atoms with Crippen LogP contribution < -0.4 is 10.1 Å². The average molecular weight is 460 g/mol. The second-order valence-electron chi connectivity index (χ2n) is 7.61. The molecule has 4 aromatic rings. The number of ether oxygens (including phenoxy) is 2. The Balaban J connectivity index is 1.80. The maximum Gasteiger partial charge on any atom is 0.338 e. The van der Waals surface area contributed by atoms with Gasteiger partial charge in [-0.3, -0.25) is 4.57 Å². The molecule has 1 atom stereocenters. The van der Waals surface area contributed by atoms with E-state index in [9.17, 15) is 4.79 Å². The number of fused-ring (bicyclic) bond motifs is 3. The van der Waals surface area contributed by atoms with Gasteiger partial charge < -0.3 is 14.8 Å². The van der Waals surface area contributed by atoms with Crippen LogP contribution in [0.5, 0.6) is 5.75 Å². The van der Waals surface area contributed by atoms with E-state index in [0.717, 1.165) is 27.9 Å². The van der Waals surface area contributed by atoms with Crippen molar-refractivity contribution in [3.63, 3.8) is 0 Å². The van der Waals surface area contributed by atoms with Crippen LogP contribution in [0.15, 0.2) is 78.4 Å². The number of rotatable bonds is 5. The monoisotopic (exact) mass is 459 g/mol. The molecule has 0 fully saturated rings. The molecule has 0 bridgehead atoms. The molecule has 0 radical (unpaired) electrons. The lowest BCUT2D eigenvalue weighted by Gasteiger charge is -2.31. The molecular weight excluding hydrogens is 438 g/mol. The van der Waals surface area contributed by atoms with Gasteiger partial charge in [0.05, 0.1) is 42.1 Å². The maximum atomic E-state index is 13.4. The summed E-state index contributed by atoms with van der Waals surface area (Å²) in [5.74, 6) is 0.989. The Bertz CT molecular complexity index is 1360. The standard InChI is InChI=1S/C26H22ClN3O3/c1-3-33-25(31)22-23(16-10-14-19(32-2)15-11-16)29-26-28-20-6-4-5-7-21(20)30(26)24(22)17-8-12-18(27)13-9-17/h4-15,24H,3H2,1-2H3,(H,28,29). The molecule has 7 heteroatoms. The van der Waals surface area contributed by atoms with Gasteiger partial charge in [-0.25, -0.2) is 9.78 Å². The summed E-state index contributed by atoms with van der Waals surface area (Å²) < 4.78 is 12.9. The Kier molecular flexibility index (Phi) is 5.52. The van der Waals surface area contributed by atoms with E-state index in [-0.39, 0.29) is 12.6 Å². The number of para-hydroxylation sites is 2. The van der Waals surface area contributed by atoms with E-state index in [1.165, 1.54) is 0 Å². The summed E-state index contributed by atoms with van der Waals surface area (Å²) in [6, 6.07) is 22.5.